The number of sulfonamides is 1. The van der Waals surface area contributed by atoms with Crippen molar-refractivity contribution in [3.05, 3.63) is 59.2 Å². The summed E-state index contributed by atoms with van der Waals surface area (Å²) in [6.45, 7) is 6.04. The molecule has 27 heavy (non-hydrogen) atoms. The maximum atomic E-state index is 12.7. The molecule has 3 rings (SSSR count). The molecule has 0 saturated carbocycles. The number of nitrogens with zero attached hydrogens (tertiary/aromatic N) is 3. The van der Waals surface area contributed by atoms with Crippen molar-refractivity contribution in [1.29, 1.82) is 0 Å². The second-order valence-electron chi connectivity index (χ2n) is 6.88. The van der Waals surface area contributed by atoms with Crippen LogP contribution in [-0.4, -0.2) is 42.4 Å². The van der Waals surface area contributed by atoms with Gasteiger partial charge in [-0.1, -0.05) is 30.3 Å². The zero-order valence-corrected chi connectivity index (χ0v) is 16.8. The quantitative estimate of drug-likeness (QED) is 0.728. The smallest absolute Gasteiger partial charge is 0.218 e. The minimum absolute atomic E-state index is 0.0563. The Labute approximate surface area is 161 Å². The van der Waals surface area contributed by atoms with Crippen LogP contribution in [0.5, 0.6) is 0 Å². The molecule has 6 nitrogen and oxygen atoms in total. The monoisotopic (exact) mass is 389 g/mol. The number of benzene rings is 1. The van der Waals surface area contributed by atoms with Crippen LogP contribution in [0.1, 0.15) is 48.3 Å². The van der Waals surface area contributed by atoms with Gasteiger partial charge in [-0.3, -0.25) is 0 Å². The van der Waals surface area contributed by atoms with Gasteiger partial charge in [0.15, 0.2) is 0 Å². The van der Waals surface area contributed by atoms with Crippen LogP contribution in [0.2, 0.25) is 0 Å². The van der Waals surface area contributed by atoms with E-state index in [-0.39, 0.29) is 11.7 Å². The van der Waals surface area contributed by atoms with Crippen LogP contribution < -0.4 is 0 Å². The van der Waals surface area contributed by atoms with Crippen LogP contribution in [-0.2, 0) is 27.1 Å². The van der Waals surface area contributed by atoms with E-state index in [4.69, 9.17) is 4.74 Å². The van der Waals surface area contributed by atoms with Gasteiger partial charge in [0.25, 0.3) is 0 Å². The fourth-order valence-corrected chi connectivity index (χ4v) is 5.04. The molecule has 0 aliphatic carbocycles. The summed E-state index contributed by atoms with van der Waals surface area (Å²) in [4.78, 5) is 8.94. The topological polar surface area (TPSA) is 72.4 Å². The Balaban J connectivity index is 1.67. The first-order valence-corrected chi connectivity index (χ1v) is 11.0. The number of ether oxygens (including phenoxy) is 1. The molecule has 1 aliphatic heterocycles. The first-order valence-electron chi connectivity index (χ1n) is 9.41. The lowest BCUT2D eigenvalue weighted by atomic mass is 9.92. The number of hydrogen-bond donors (Lipinski definition) is 0. The molecule has 1 aliphatic rings. The lowest BCUT2D eigenvalue weighted by Gasteiger charge is -2.31. The molecule has 1 saturated heterocycles. The van der Waals surface area contributed by atoms with Gasteiger partial charge in [-0.2, -0.15) is 0 Å². The molecule has 0 unspecified atom stereocenters. The van der Waals surface area contributed by atoms with Gasteiger partial charge in [-0.25, -0.2) is 22.7 Å². The maximum Gasteiger partial charge on any atom is 0.218 e. The Morgan fingerprint density at radius 2 is 1.89 bits per heavy atom. The Hall–Kier alpha value is -1.83. The highest BCUT2D eigenvalue weighted by molar-refractivity contribution is 7.88. The fourth-order valence-electron chi connectivity index (χ4n) is 3.47. The van der Waals surface area contributed by atoms with E-state index in [1.807, 2.05) is 50.4 Å². The molecule has 0 N–H and O–H groups in total. The van der Waals surface area contributed by atoms with Crippen molar-refractivity contribution >= 4 is 10.0 Å². The molecular formula is C20H27N3O3S. The first-order chi connectivity index (χ1) is 13.0. The minimum Gasteiger partial charge on any atom is -0.377 e. The van der Waals surface area contributed by atoms with Crippen molar-refractivity contribution in [2.24, 2.45) is 0 Å². The molecule has 0 atom stereocenters. The summed E-state index contributed by atoms with van der Waals surface area (Å²) in [5.74, 6) is 1.04. The number of piperidine rings is 1. The molecule has 7 heteroatoms. The molecule has 1 fully saturated rings. The van der Waals surface area contributed by atoms with Crippen molar-refractivity contribution in [3.63, 3.8) is 0 Å². The molecule has 1 aromatic heterocycles. The van der Waals surface area contributed by atoms with E-state index >= 15 is 0 Å². The van der Waals surface area contributed by atoms with Crippen LogP contribution in [0.3, 0.4) is 0 Å². The van der Waals surface area contributed by atoms with Gasteiger partial charge < -0.3 is 4.74 Å². The third kappa shape index (κ3) is 5.12. The number of hydrogen-bond acceptors (Lipinski definition) is 5. The van der Waals surface area contributed by atoms with Gasteiger partial charge >= 0.3 is 0 Å². The van der Waals surface area contributed by atoms with Crippen molar-refractivity contribution < 1.29 is 13.2 Å². The van der Waals surface area contributed by atoms with Crippen LogP contribution in [0.25, 0.3) is 0 Å². The third-order valence-electron chi connectivity index (χ3n) is 4.91. The summed E-state index contributed by atoms with van der Waals surface area (Å²) >= 11 is 0. The van der Waals surface area contributed by atoms with Gasteiger partial charge in [0.1, 0.15) is 5.82 Å². The zero-order valence-electron chi connectivity index (χ0n) is 16.0. The molecule has 0 bridgehead atoms. The molecular weight excluding hydrogens is 362 g/mol. The molecule has 0 spiro atoms. The Kier molecular flexibility index (Phi) is 6.57. The Morgan fingerprint density at radius 3 is 2.56 bits per heavy atom. The number of aromatic nitrogens is 2. The highest BCUT2D eigenvalue weighted by Gasteiger charge is 2.30. The van der Waals surface area contributed by atoms with E-state index in [1.54, 1.807) is 4.31 Å². The van der Waals surface area contributed by atoms with E-state index in [9.17, 15) is 8.42 Å². The lowest BCUT2D eigenvalue weighted by Crippen LogP contribution is -2.39. The Morgan fingerprint density at radius 1 is 1.19 bits per heavy atom. The minimum atomic E-state index is -3.30. The normalized spacial score (nSPS) is 16.5. The summed E-state index contributed by atoms with van der Waals surface area (Å²) in [6.07, 6.45) is 3.37. The van der Waals surface area contributed by atoms with E-state index in [2.05, 4.69) is 9.97 Å². The number of rotatable bonds is 7. The summed E-state index contributed by atoms with van der Waals surface area (Å²) in [7, 11) is -3.30. The number of aryl methyl sites for hydroxylation is 1. The molecule has 0 amide bonds. The van der Waals surface area contributed by atoms with Gasteiger partial charge in [0.05, 0.1) is 18.1 Å². The second kappa shape index (κ2) is 8.91. The largest absolute Gasteiger partial charge is 0.377 e. The van der Waals surface area contributed by atoms with E-state index < -0.39 is 10.0 Å². The van der Waals surface area contributed by atoms with Gasteiger partial charge in [-0.15, -0.1) is 0 Å². The van der Waals surface area contributed by atoms with E-state index in [0.717, 1.165) is 35.5 Å². The molecule has 2 aromatic rings. The van der Waals surface area contributed by atoms with Crippen LogP contribution in [0.15, 0.2) is 36.5 Å². The highest BCUT2D eigenvalue weighted by atomic mass is 32.2. The molecule has 146 valence electrons. The predicted molar refractivity (Wildman–Crippen MR) is 105 cm³/mol. The highest BCUT2D eigenvalue weighted by Crippen LogP contribution is 2.31. The Bertz CT molecular complexity index is 848. The predicted octanol–water partition coefficient (Wildman–Crippen LogP) is 3.03. The molecule has 1 aromatic carbocycles. The van der Waals surface area contributed by atoms with Gasteiger partial charge in [0.2, 0.25) is 10.0 Å². The first kappa shape index (κ1) is 19.9. The average Bonchev–Trinajstić information content (AvgIpc) is 2.67. The maximum absolute atomic E-state index is 12.7. The summed E-state index contributed by atoms with van der Waals surface area (Å²) < 4.78 is 32.6. The third-order valence-corrected chi connectivity index (χ3v) is 6.76. The fraction of sp³-hybridized carbons (Fsp3) is 0.500. The second-order valence-corrected chi connectivity index (χ2v) is 8.85. The van der Waals surface area contributed by atoms with Gasteiger partial charge in [0, 0.05) is 37.4 Å². The van der Waals surface area contributed by atoms with Crippen LogP contribution >= 0.6 is 0 Å². The zero-order chi connectivity index (χ0) is 19.3. The van der Waals surface area contributed by atoms with Crippen LogP contribution in [0, 0.1) is 6.92 Å². The van der Waals surface area contributed by atoms with Crippen molar-refractivity contribution in [1.82, 2.24) is 14.3 Å². The molecule has 2 heterocycles. The van der Waals surface area contributed by atoms with E-state index in [1.165, 1.54) is 0 Å². The van der Waals surface area contributed by atoms with E-state index in [0.29, 0.717) is 26.3 Å². The average molecular weight is 390 g/mol. The van der Waals surface area contributed by atoms with Gasteiger partial charge in [-0.05, 0) is 32.3 Å². The van der Waals surface area contributed by atoms with Crippen LogP contribution in [0.4, 0.5) is 0 Å². The van der Waals surface area contributed by atoms with Crippen molar-refractivity contribution in [2.75, 3.05) is 19.7 Å². The lowest BCUT2D eigenvalue weighted by molar-refractivity contribution is 0.132. The summed E-state index contributed by atoms with van der Waals surface area (Å²) in [5, 5.41) is 0. The standard InChI is InChI=1S/C20H27N3O3S/c1-3-26-14-19-13-21-16(2)22-20(19)18-9-11-23(12-10-18)27(24,25)15-17-7-5-4-6-8-17/h4-8,13,18H,3,9-12,14-15H2,1-2H3. The summed E-state index contributed by atoms with van der Waals surface area (Å²) in [6, 6.07) is 9.34. The summed E-state index contributed by atoms with van der Waals surface area (Å²) in [5.41, 5.74) is 2.84. The SMILES string of the molecule is CCOCc1cnc(C)nc1C1CCN(S(=O)(=O)Cc2ccccc2)CC1. The van der Waals surface area contributed by atoms with Crippen molar-refractivity contribution in [2.45, 2.75) is 45.0 Å². The molecule has 0 radical (unpaired) electrons. The van der Waals surface area contributed by atoms with Crippen molar-refractivity contribution in [3.8, 4) is 0 Å².